The Morgan fingerprint density at radius 1 is 1.20 bits per heavy atom. The largest absolute Gasteiger partial charge is 0.344 e. The van der Waals surface area contributed by atoms with Crippen molar-refractivity contribution in [1.82, 2.24) is 9.88 Å². The van der Waals surface area contributed by atoms with Crippen molar-refractivity contribution < 1.29 is 4.39 Å². The summed E-state index contributed by atoms with van der Waals surface area (Å²) in [6.45, 7) is 1.62. The zero-order valence-corrected chi connectivity index (χ0v) is 11.7. The van der Waals surface area contributed by atoms with Gasteiger partial charge in [-0.25, -0.2) is 9.38 Å². The highest BCUT2D eigenvalue weighted by molar-refractivity contribution is 8.14. The number of thioether (sulfide) groups is 1. The molecule has 1 aromatic heterocycles. The summed E-state index contributed by atoms with van der Waals surface area (Å²) in [5.41, 5.74) is 1.39. The van der Waals surface area contributed by atoms with Crippen molar-refractivity contribution in [2.24, 2.45) is 4.99 Å². The van der Waals surface area contributed by atoms with Crippen LogP contribution < -0.4 is 0 Å². The average Bonchev–Trinajstić information content (AvgIpc) is 2.90. The summed E-state index contributed by atoms with van der Waals surface area (Å²) in [7, 11) is 0. The van der Waals surface area contributed by atoms with Crippen LogP contribution in [-0.2, 0) is 6.54 Å². The highest BCUT2D eigenvalue weighted by atomic mass is 32.2. The van der Waals surface area contributed by atoms with E-state index in [-0.39, 0.29) is 5.82 Å². The van der Waals surface area contributed by atoms with E-state index in [0.29, 0.717) is 12.2 Å². The SMILES string of the molecule is Fc1ccccc1N=C1SCCN1Cc1ccccn1. The monoisotopic (exact) mass is 287 g/mol. The Kier molecular flexibility index (Phi) is 3.97. The standard InChI is InChI=1S/C15H14FN3S/c16-13-6-1-2-7-14(13)18-15-19(9-10-20-15)11-12-5-3-4-8-17-12/h1-8H,9-11H2. The molecule has 1 aromatic carbocycles. The van der Waals surface area contributed by atoms with Gasteiger partial charge in [0.25, 0.3) is 0 Å². The van der Waals surface area contributed by atoms with Gasteiger partial charge in [-0.2, -0.15) is 0 Å². The highest BCUT2D eigenvalue weighted by Crippen LogP contribution is 2.25. The molecule has 0 unspecified atom stereocenters. The molecule has 0 aliphatic carbocycles. The van der Waals surface area contributed by atoms with Gasteiger partial charge >= 0.3 is 0 Å². The number of pyridine rings is 1. The second-order valence-corrected chi connectivity index (χ2v) is 5.50. The average molecular weight is 287 g/mol. The number of nitrogens with zero attached hydrogens (tertiary/aromatic N) is 3. The topological polar surface area (TPSA) is 28.5 Å². The number of aliphatic imine (C=N–C) groups is 1. The van der Waals surface area contributed by atoms with Crippen molar-refractivity contribution >= 4 is 22.6 Å². The van der Waals surface area contributed by atoms with Gasteiger partial charge in [-0.1, -0.05) is 30.0 Å². The van der Waals surface area contributed by atoms with Crippen LogP contribution in [0.4, 0.5) is 10.1 Å². The Labute approximate surface area is 121 Å². The van der Waals surface area contributed by atoms with Gasteiger partial charge in [0.2, 0.25) is 0 Å². The molecule has 0 atom stereocenters. The molecule has 2 heterocycles. The smallest absolute Gasteiger partial charge is 0.164 e. The molecule has 1 aliphatic rings. The first-order chi connectivity index (χ1) is 9.83. The number of hydrogen-bond acceptors (Lipinski definition) is 3. The van der Waals surface area contributed by atoms with Crippen molar-refractivity contribution in [1.29, 1.82) is 0 Å². The molecule has 1 saturated heterocycles. The minimum Gasteiger partial charge on any atom is -0.344 e. The lowest BCUT2D eigenvalue weighted by Crippen LogP contribution is -2.24. The molecule has 2 aromatic rings. The Morgan fingerprint density at radius 3 is 2.85 bits per heavy atom. The van der Waals surface area contributed by atoms with Gasteiger partial charge in [0, 0.05) is 18.5 Å². The zero-order chi connectivity index (χ0) is 13.8. The van der Waals surface area contributed by atoms with E-state index < -0.39 is 0 Å². The normalized spacial score (nSPS) is 16.9. The molecule has 0 saturated carbocycles. The van der Waals surface area contributed by atoms with Gasteiger partial charge in [0.15, 0.2) is 5.17 Å². The van der Waals surface area contributed by atoms with E-state index in [1.165, 1.54) is 6.07 Å². The van der Waals surface area contributed by atoms with Crippen LogP contribution in [0.1, 0.15) is 5.69 Å². The maximum absolute atomic E-state index is 13.6. The van der Waals surface area contributed by atoms with E-state index in [4.69, 9.17) is 0 Å². The van der Waals surface area contributed by atoms with Crippen LogP contribution in [0, 0.1) is 5.82 Å². The van der Waals surface area contributed by atoms with Crippen molar-refractivity contribution in [3.8, 4) is 0 Å². The van der Waals surface area contributed by atoms with E-state index >= 15 is 0 Å². The quantitative estimate of drug-likeness (QED) is 0.865. The third-order valence-corrected chi connectivity index (χ3v) is 4.00. The Hall–Kier alpha value is -1.88. The van der Waals surface area contributed by atoms with Gasteiger partial charge < -0.3 is 4.90 Å². The summed E-state index contributed by atoms with van der Waals surface area (Å²) in [4.78, 5) is 10.9. The second-order valence-electron chi connectivity index (χ2n) is 4.44. The van der Waals surface area contributed by atoms with E-state index in [9.17, 15) is 4.39 Å². The number of halogens is 1. The molecule has 0 N–H and O–H groups in total. The Balaban J connectivity index is 1.81. The molecule has 3 rings (SSSR count). The van der Waals surface area contributed by atoms with Crippen LogP contribution in [0.2, 0.25) is 0 Å². The molecule has 20 heavy (non-hydrogen) atoms. The van der Waals surface area contributed by atoms with Gasteiger partial charge in [-0.15, -0.1) is 0 Å². The zero-order valence-electron chi connectivity index (χ0n) is 10.9. The van der Waals surface area contributed by atoms with Crippen LogP contribution in [-0.4, -0.2) is 27.3 Å². The fourth-order valence-electron chi connectivity index (χ4n) is 2.02. The van der Waals surface area contributed by atoms with Crippen LogP contribution in [0.15, 0.2) is 53.7 Å². The van der Waals surface area contributed by atoms with Crippen LogP contribution in [0.5, 0.6) is 0 Å². The summed E-state index contributed by atoms with van der Waals surface area (Å²) in [5, 5.41) is 0.862. The van der Waals surface area contributed by atoms with E-state index in [1.54, 1.807) is 36.2 Å². The van der Waals surface area contributed by atoms with Crippen molar-refractivity contribution in [3.63, 3.8) is 0 Å². The molecule has 3 nitrogen and oxygen atoms in total. The van der Waals surface area contributed by atoms with Gasteiger partial charge in [0.05, 0.1) is 12.2 Å². The third-order valence-electron chi connectivity index (χ3n) is 3.01. The fourth-order valence-corrected chi connectivity index (χ4v) is 3.01. The lowest BCUT2D eigenvalue weighted by Gasteiger charge is -2.17. The minimum absolute atomic E-state index is 0.287. The van der Waals surface area contributed by atoms with Crippen LogP contribution in [0.3, 0.4) is 0 Å². The van der Waals surface area contributed by atoms with Crippen LogP contribution >= 0.6 is 11.8 Å². The Bertz CT molecular complexity index is 616. The number of aromatic nitrogens is 1. The maximum Gasteiger partial charge on any atom is 0.164 e. The first kappa shape index (κ1) is 13.1. The molecule has 0 spiro atoms. The summed E-state index contributed by atoms with van der Waals surface area (Å²) in [6.07, 6.45) is 1.78. The lowest BCUT2D eigenvalue weighted by molar-refractivity contribution is 0.450. The van der Waals surface area contributed by atoms with Gasteiger partial charge in [-0.3, -0.25) is 4.98 Å². The molecular formula is C15H14FN3S. The molecule has 0 radical (unpaired) electrons. The number of amidine groups is 1. The maximum atomic E-state index is 13.6. The molecule has 102 valence electrons. The lowest BCUT2D eigenvalue weighted by atomic mass is 10.3. The van der Waals surface area contributed by atoms with Crippen LogP contribution in [0.25, 0.3) is 0 Å². The van der Waals surface area contributed by atoms with E-state index in [0.717, 1.165) is 23.2 Å². The molecule has 0 bridgehead atoms. The highest BCUT2D eigenvalue weighted by Gasteiger charge is 2.20. The van der Waals surface area contributed by atoms with E-state index in [1.807, 2.05) is 18.2 Å². The summed E-state index contributed by atoms with van der Waals surface area (Å²) < 4.78 is 13.6. The van der Waals surface area contributed by atoms with E-state index in [2.05, 4.69) is 14.9 Å². The van der Waals surface area contributed by atoms with Gasteiger partial charge in [-0.05, 0) is 24.3 Å². The molecule has 5 heteroatoms. The van der Waals surface area contributed by atoms with Crippen molar-refractivity contribution in [3.05, 3.63) is 60.2 Å². The number of rotatable bonds is 3. The molecule has 1 aliphatic heterocycles. The van der Waals surface area contributed by atoms with Crippen molar-refractivity contribution in [2.75, 3.05) is 12.3 Å². The molecular weight excluding hydrogens is 273 g/mol. The summed E-state index contributed by atoms with van der Waals surface area (Å²) in [6, 6.07) is 12.5. The predicted octanol–water partition coefficient (Wildman–Crippen LogP) is 3.46. The molecule has 0 amide bonds. The summed E-state index contributed by atoms with van der Waals surface area (Å²) >= 11 is 1.65. The first-order valence-corrected chi connectivity index (χ1v) is 7.42. The summed E-state index contributed by atoms with van der Waals surface area (Å²) in [5.74, 6) is 0.686. The number of para-hydroxylation sites is 1. The fraction of sp³-hybridized carbons (Fsp3) is 0.200. The third kappa shape index (κ3) is 2.99. The molecule has 1 fully saturated rings. The first-order valence-electron chi connectivity index (χ1n) is 6.44. The second kappa shape index (κ2) is 6.05. The minimum atomic E-state index is -0.287. The predicted molar refractivity (Wildman–Crippen MR) is 80.6 cm³/mol. The number of benzene rings is 1. The van der Waals surface area contributed by atoms with Gasteiger partial charge in [0.1, 0.15) is 11.5 Å². The number of hydrogen-bond donors (Lipinski definition) is 0. The van der Waals surface area contributed by atoms with Crippen molar-refractivity contribution in [2.45, 2.75) is 6.54 Å². The Morgan fingerprint density at radius 2 is 2.05 bits per heavy atom.